The monoisotopic (exact) mass is 678 g/mol. The van der Waals surface area contributed by atoms with Crippen LogP contribution in [0, 0.1) is 35.0 Å². The van der Waals surface area contributed by atoms with E-state index in [-0.39, 0.29) is 47.5 Å². The second-order valence-corrected chi connectivity index (χ2v) is 16.5. The maximum atomic E-state index is 13.8. The van der Waals surface area contributed by atoms with Gasteiger partial charge in [-0.25, -0.2) is 4.79 Å². The second-order valence-electron chi connectivity index (χ2n) is 15.5. The van der Waals surface area contributed by atoms with Gasteiger partial charge in [-0.3, -0.25) is 24.2 Å². The van der Waals surface area contributed by atoms with Crippen LogP contribution in [-0.4, -0.2) is 82.5 Å². The van der Waals surface area contributed by atoms with Crippen LogP contribution in [0.25, 0.3) is 0 Å². The molecular weight excluding hydrogens is 616 g/mol. The lowest BCUT2D eigenvalue weighted by Crippen LogP contribution is -2.57. The van der Waals surface area contributed by atoms with E-state index in [4.69, 9.17) is 9.73 Å². The molecule has 0 fully saturated rings. The van der Waals surface area contributed by atoms with Crippen LogP contribution in [0.1, 0.15) is 115 Å². The lowest BCUT2D eigenvalue weighted by molar-refractivity contribution is -0.164. The van der Waals surface area contributed by atoms with Crippen molar-refractivity contribution in [2.24, 2.45) is 40.0 Å². The van der Waals surface area contributed by atoms with E-state index in [1.165, 1.54) is 4.90 Å². The summed E-state index contributed by atoms with van der Waals surface area (Å²) in [6.45, 7) is 21.5. The highest BCUT2D eigenvalue weighted by Crippen LogP contribution is 2.35. The van der Waals surface area contributed by atoms with Gasteiger partial charge in [0.15, 0.2) is 0 Å². The van der Waals surface area contributed by atoms with Gasteiger partial charge in [-0.05, 0) is 56.3 Å². The smallest absolute Gasteiger partial charge is 0.328 e. The number of esters is 1. The SMILES string of the molecule is CC[C@H](C)[C@@H]1NC(=O)[C@H](C)NC(=O)[C@H](C)CC(=O)CC[C@@H]2CSC(=N2)[C@@H](C)[C@@H](C)C[C@H](C)C[C@@H](C(C)(C)C)OC(=O)[C@H](C)N(C)C1=O. The van der Waals surface area contributed by atoms with Gasteiger partial charge in [0, 0.05) is 37.5 Å². The van der Waals surface area contributed by atoms with Gasteiger partial charge in [-0.2, -0.15) is 0 Å². The molecule has 2 heterocycles. The molecule has 0 unspecified atom stereocenters. The molecule has 0 aromatic carbocycles. The molecule has 0 saturated heterocycles. The molecule has 0 radical (unpaired) electrons. The zero-order valence-corrected chi connectivity index (χ0v) is 31.8. The Balaban J connectivity index is 2.37. The number of ketones is 1. The molecule has 2 aliphatic heterocycles. The molecule has 0 spiro atoms. The summed E-state index contributed by atoms with van der Waals surface area (Å²) in [5.74, 6) is -0.862. The predicted molar refractivity (Wildman–Crippen MR) is 189 cm³/mol. The summed E-state index contributed by atoms with van der Waals surface area (Å²) in [4.78, 5) is 72.6. The van der Waals surface area contributed by atoms with Gasteiger partial charge in [0.1, 0.15) is 30.0 Å². The molecule has 2 aliphatic rings. The minimum absolute atomic E-state index is 0.00363. The van der Waals surface area contributed by atoms with Gasteiger partial charge in [0.2, 0.25) is 17.7 Å². The van der Waals surface area contributed by atoms with Crippen molar-refractivity contribution in [3.8, 4) is 0 Å². The average molecular weight is 679 g/mol. The molecule has 2 bridgehead atoms. The van der Waals surface area contributed by atoms with E-state index >= 15 is 0 Å². The summed E-state index contributed by atoms with van der Waals surface area (Å²) in [7, 11) is 1.55. The number of amides is 3. The predicted octanol–water partition coefficient (Wildman–Crippen LogP) is 5.42. The molecule has 47 heavy (non-hydrogen) atoms. The second kappa shape index (κ2) is 17.8. The zero-order chi connectivity index (χ0) is 35.8. The fourth-order valence-corrected chi connectivity index (χ4v) is 7.33. The number of fused-ring (bicyclic) bond motifs is 1. The first kappa shape index (κ1) is 40.7. The first-order valence-corrected chi connectivity index (χ1v) is 18.5. The van der Waals surface area contributed by atoms with Crippen LogP contribution in [0.3, 0.4) is 0 Å². The first-order chi connectivity index (χ1) is 21.8. The summed E-state index contributed by atoms with van der Waals surface area (Å²) < 4.78 is 6.15. The van der Waals surface area contributed by atoms with E-state index in [2.05, 4.69) is 52.2 Å². The van der Waals surface area contributed by atoms with Crippen LogP contribution >= 0.6 is 11.8 Å². The number of thioether (sulfide) groups is 1. The zero-order valence-electron chi connectivity index (χ0n) is 31.0. The van der Waals surface area contributed by atoms with Crippen LogP contribution < -0.4 is 10.6 Å². The van der Waals surface area contributed by atoms with E-state index in [1.54, 1.807) is 39.6 Å². The number of rotatable bonds is 2. The normalized spacial score (nSPS) is 34.4. The third-order valence-corrected chi connectivity index (χ3v) is 11.5. The topological polar surface area (TPSA) is 134 Å². The number of likely N-dealkylation sites (N-methyl/N-ethyl adjacent to an activating group) is 1. The van der Waals surface area contributed by atoms with Crippen molar-refractivity contribution in [1.82, 2.24) is 15.5 Å². The summed E-state index contributed by atoms with van der Waals surface area (Å²) in [5.41, 5.74) is -0.313. The van der Waals surface area contributed by atoms with Gasteiger partial charge in [0.25, 0.3) is 0 Å². The number of hydrogen-bond donors (Lipinski definition) is 2. The number of cyclic esters (lactones) is 1. The highest BCUT2D eigenvalue weighted by molar-refractivity contribution is 8.14. The summed E-state index contributed by atoms with van der Waals surface area (Å²) in [6.07, 6.45) is 2.97. The highest BCUT2D eigenvalue weighted by atomic mass is 32.2. The van der Waals surface area contributed by atoms with Crippen molar-refractivity contribution in [2.75, 3.05) is 12.8 Å². The number of Topliss-reactive ketones (excluding diaryl/α,β-unsaturated/α-hetero) is 1. The Morgan fingerprint density at radius 1 is 0.979 bits per heavy atom. The van der Waals surface area contributed by atoms with Gasteiger partial charge < -0.3 is 20.3 Å². The quantitative estimate of drug-likeness (QED) is 0.373. The molecule has 10 nitrogen and oxygen atoms in total. The molecule has 268 valence electrons. The fraction of sp³-hybridized carbons (Fsp3) is 0.833. The summed E-state index contributed by atoms with van der Waals surface area (Å²) in [5, 5.41) is 6.65. The lowest BCUT2D eigenvalue weighted by atomic mass is 9.80. The Hall–Kier alpha value is -2.43. The minimum Gasteiger partial charge on any atom is -0.460 e. The molecule has 10 atom stereocenters. The van der Waals surface area contributed by atoms with Crippen LogP contribution in [0.15, 0.2) is 4.99 Å². The van der Waals surface area contributed by atoms with Gasteiger partial charge in [-0.1, -0.05) is 68.7 Å². The van der Waals surface area contributed by atoms with Crippen molar-refractivity contribution < 1.29 is 28.7 Å². The Bertz CT molecular complexity index is 1150. The Morgan fingerprint density at radius 2 is 1.62 bits per heavy atom. The molecule has 2 rings (SSSR count). The van der Waals surface area contributed by atoms with E-state index in [9.17, 15) is 24.0 Å². The third kappa shape index (κ3) is 11.9. The van der Waals surface area contributed by atoms with Crippen molar-refractivity contribution >= 4 is 46.3 Å². The van der Waals surface area contributed by atoms with Crippen molar-refractivity contribution in [1.29, 1.82) is 0 Å². The third-order valence-electron chi connectivity index (χ3n) is 10.1. The Kier molecular flexibility index (Phi) is 15.4. The van der Waals surface area contributed by atoms with Crippen LogP contribution in [0.2, 0.25) is 0 Å². The molecule has 3 amide bonds. The first-order valence-electron chi connectivity index (χ1n) is 17.6. The van der Waals surface area contributed by atoms with E-state index in [0.717, 1.165) is 17.2 Å². The average Bonchev–Trinajstić information content (AvgIpc) is 3.48. The van der Waals surface area contributed by atoms with Crippen molar-refractivity contribution in [3.63, 3.8) is 0 Å². The highest BCUT2D eigenvalue weighted by Gasteiger charge is 2.37. The largest absolute Gasteiger partial charge is 0.460 e. The van der Waals surface area contributed by atoms with Gasteiger partial charge >= 0.3 is 5.97 Å². The number of nitrogens with one attached hydrogen (secondary N) is 2. The number of carbonyl (C=O) groups is 5. The van der Waals surface area contributed by atoms with Crippen LogP contribution in [0.4, 0.5) is 0 Å². The van der Waals surface area contributed by atoms with E-state index < -0.39 is 47.7 Å². The Morgan fingerprint density at radius 3 is 2.21 bits per heavy atom. The van der Waals surface area contributed by atoms with E-state index in [1.807, 2.05) is 13.8 Å². The van der Waals surface area contributed by atoms with Crippen LogP contribution in [-0.2, 0) is 28.7 Å². The molecule has 0 saturated carbocycles. The molecule has 0 aromatic rings. The standard InChI is InChI=1S/C36H62N4O6S/c1-13-21(3)30-34(44)40(12)26(8)35(45)46-29(36(9,10)11)17-20(2)16-22(4)24(6)33-38-27(19-47-33)14-15-28(41)18-23(5)31(42)37-25(7)32(43)39-30/h20-27,29-30H,13-19H2,1-12H3,(H,37,42)(H,39,43)/t20-,21-,22-,23+,24-,25-,26-,27+,29-,30-/m0/s1. The van der Waals surface area contributed by atoms with Crippen LogP contribution in [0.5, 0.6) is 0 Å². The molecule has 2 N–H and O–H groups in total. The Labute approximate surface area is 287 Å². The lowest BCUT2D eigenvalue weighted by Gasteiger charge is -2.36. The number of aliphatic imine (C=N–C) groups is 1. The minimum atomic E-state index is -0.927. The molecule has 11 heteroatoms. The van der Waals surface area contributed by atoms with Gasteiger partial charge in [-0.15, -0.1) is 11.8 Å². The fourth-order valence-electron chi connectivity index (χ4n) is 6.01. The maximum absolute atomic E-state index is 13.8. The van der Waals surface area contributed by atoms with Gasteiger partial charge in [0.05, 0.1) is 11.1 Å². The van der Waals surface area contributed by atoms with Crippen molar-refractivity contribution in [3.05, 3.63) is 0 Å². The number of hydrogen-bond acceptors (Lipinski definition) is 8. The maximum Gasteiger partial charge on any atom is 0.328 e. The number of carbonyl (C=O) groups excluding carboxylic acids is 5. The number of ether oxygens (including phenoxy) is 1. The number of nitrogens with zero attached hydrogens (tertiary/aromatic N) is 2. The summed E-state index contributed by atoms with van der Waals surface area (Å²) in [6, 6.07) is -2.62. The molecular formula is C36H62N4O6S. The summed E-state index contributed by atoms with van der Waals surface area (Å²) >= 11 is 1.77. The molecule has 0 aliphatic carbocycles. The van der Waals surface area contributed by atoms with Crippen molar-refractivity contribution in [2.45, 2.75) is 145 Å². The molecule has 0 aromatic heterocycles. The van der Waals surface area contributed by atoms with E-state index in [0.29, 0.717) is 31.6 Å².